The molecule has 0 atom stereocenters. The van der Waals surface area contributed by atoms with Crippen LogP contribution in [0.1, 0.15) is 48.9 Å². The van der Waals surface area contributed by atoms with Crippen molar-refractivity contribution in [3.63, 3.8) is 0 Å². The third-order valence-electron chi connectivity index (χ3n) is 4.28. The van der Waals surface area contributed by atoms with Crippen molar-refractivity contribution in [2.75, 3.05) is 10.6 Å². The molecule has 1 fully saturated rings. The molecular weight excluding hydrogens is 322 g/mol. The number of benzene rings is 1. The molecule has 1 heterocycles. The fourth-order valence-corrected chi connectivity index (χ4v) is 3.55. The molecular formula is C18H21N3O2S. The first-order valence-corrected chi connectivity index (χ1v) is 9.19. The van der Waals surface area contributed by atoms with Crippen molar-refractivity contribution >= 4 is 34.0 Å². The van der Waals surface area contributed by atoms with Gasteiger partial charge in [-0.05, 0) is 43.0 Å². The molecule has 0 unspecified atom stereocenters. The summed E-state index contributed by atoms with van der Waals surface area (Å²) < 4.78 is 0. The summed E-state index contributed by atoms with van der Waals surface area (Å²) in [5.74, 6) is 0.369. The van der Waals surface area contributed by atoms with Crippen molar-refractivity contribution in [3.8, 4) is 0 Å². The number of aromatic nitrogens is 1. The first-order chi connectivity index (χ1) is 11.7. The highest BCUT2D eigenvalue weighted by molar-refractivity contribution is 7.13. The van der Waals surface area contributed by atoms with Crippen LogP contribution < -0.4 is 10.6 Å². The predicted octanol–water partition coefficient (Wildman–Crippen LogP) is 4.30. The fourth-order valence-electron chi connectivity index (χ4n) is 3.02. The first kappa shape index (κ1) is 16.6. The van der Waals surface area contributed by atoms with Crippen LogP contribution in [0.5, 0.6) is 0 Å². The van der Waals surface area contributed by atoms with E-state index in [0.717, 1.165) is 18.5 Å². The van der Waals surface area contributed by atoms with Crippen molar-refractivity contribution in [1.29, 1.82) is 0 Å². The summed E-state index contributed by atoms with van der Waals surface area (Å²) in [6.07, 6.45) is 8.31. The SMILES string of the molecule is O=C(CC1CCCCC1)Nc1ccc(C(=O)Nc2nccs2)cc1. The summed E-state index contributed by atoms with van der Waals surface area (Å²) >= 11 is 1.37. The second-order valence-corrected chi connectivity index (χ2v) is 7.02. The van der Waals surface area contributed by atoms with Gasteiger partial charge in [-0.25, -0.2) is 4.98 Å². The van der Waals surface area contributed by atoms with E-state index in [-0.39, 0.29) is 11.8 Å². The second kappa shape index (κ2) is 8.06. The maximum Gasteiger partial charge on any atom is 0.257 e. The van der Waals surface area contributed by atoms with Gasteiger partial charge < -0.3 is 5.32 Å². The topological polar surface area (TPSA) is 71.1 Å². The highest BCUT2D eigenvalue weighted by Gasteiger charge is 2.17. The van der Waals surface area contributed by atoms with Gasteiger partial charge in [-0.2, -0.15) is 0 Å². The van der Waals surface area contributed by atoms with E-state index in [4.69, 9.17) is 0 Å². The van der Waals surface area contributed by atoms with Gasteiger partial charge >= 0.3 is 0 Å². The van der Waals surface area contributed by atoms with E-state index in [1.165, 1.54) is 30.6 Å². The number of rotatable bonds is 5. The fraction of sp³-hybridized carbons (Fsp3) is 0.389. The minimum atomic E-state index is -0.204. The van der Waals surface area contributed by atoms with Gasteiger partial charge in [0, 0.05) is 29.2 Å². The Bertz CT molecular complexity index is 677. The minimum Gasteiger partial charge on any atom is -0.326 e. The number of nitrogens with one attached hydrogen (secondary N) is 2. The molecule has 0 aliphatic heterocycles. The molecule has 24 heavy (non-hydrogen) atoms. The highest BCUT2D eigenvalue weighted by Crippen LogP contribution is 2.26. The molecule has 5 nitrogen and oxygen atoms in total. The smallest absolute Gasteiger partial charge is 0.257 e. The lowest BCUT2D eigenvalue weighted by atomic mass is 9.87. The van der Waals surface area contributed by atoms with Gasteiger partial charge in [0.25, 0.3) is 5.91 Å². The monoisotopic (exact) mass is 343 g/mol. The summed E-state index contributed by atoms with van der Waals surface area (Å²) in [7, 11) is 0. The Labute approximate surface area is 145 Å². The maximum atomic E-state index is 12.1. The van der Waals surface area contributed by atoms with Crippen molar-refractivity contribution in [3.05, 3.63) is 41.4 Å². The molecule has 1 aliphatic rings. The summed E-state index contributed by atoms with van der Waals surface area (Å²) in [4.78, 5) is 28.2. The Morgan fingerprint density at radius 3 is 2.50 bits per heavy atom. The van der Waals surface area contributed by atoms with Gasteiger partial charge in [0.1, 0.15) is 0 Å². The number of amides is 2. The lowest BCUT2D eigenvalue weighted by molar-refractivity contribution is -0.117. The maximum absolute atomic E-state index is 12.1. The van der Waals surface area contributed by atoms with Crippen molar-refractivity contribution in [2.45, 2.75) is 38.5 Å². The molecule has 0 spiro atoms. The lowest BCUT2D eigenvalue weighted by Gasteiger charge is -2.20. The minimum absolute atomic E-state index is 0.0573. The molecule has 1 saturated carbocycles. The zero-order valence-electron chi connectivity index (χ0n) is 13.5. The van der Waals surface area contributed by atoms with Crippen molar-refractivity contribution in [2.24, 2.45) is 5.92 Å². The average molecular weight is 343 g/mol. The highest BCUT2D eigenvalue weighted by atomic mass is 32.1. The molecule has 2 N–H and O–H groups in total. The number of nitrogens with zero attached hydrogens (tertiary/aromatic N) is 1. The van der Waals surface area contributed by atoms with Crippen LogP contribution in [0.15, 0.2) is 35.8 Å². The number of thiazole rings is 1. The zero-order chi connectivity index (χ0) is 16.8. The molecule has 1 aromatic carbocycles. The van der Waals surface area contributed by atoms with Crippen LogP contribution in [0.3, 0.4) is 0 Å². The van der Waals surface area contributed by atoms with Crippen LogP contribution in [-0.4, -0.2) is 16.8 Å². The Balaban J connectivity index is 1.52. The molecule has 2 aromatic rings. The van der Waals surface area contributed by atoms with E-state index in [0.29, 0.717) is 23.0 Å². The lowest BCUT2D eigenvalue weighted by Crippen LogP contribution is -2.18. The van der Waals surface area contributed by atoms with Crippen LogP contribution in [0.4, 0.5) is 10.8 Å². The van der Waals surface area contributed by atoms with Crippen LogP contribution >= 0.6 is 11.3 Å². The number of hydrogen-bond acceptors (Lipinski definition) is 4. The van der Waals surface area contributed by atoms with E-state index in [9.17, 15) is 9.59 Å². The van der Waals surface area contributed by atoms with Gasteiger partial charge in [0.05, 0.1) is 0 Å². The first-order valence-electron chi connectivity index (χ1n) is 8.31. The van der Waals surface area contributed by atoms with Crippen molar-refractivity contribution in [1.82, 2.24) is 4.98 Å². The second-order valence-electron chi connectivity index (χ2n) is 6.13. The number of anilines is 2. The zero-order valence-corrected chi connectivity index (χ0v) is 14.3. The Hall–Kier alpha value is -2.21. The molecule has 0 radical (unpaired) electrons. The molecule has 0 bridgehead atoms. The molecule has 3 rings (SSSR count). The molecule has 6 heteroatoms. The Morgan fingerprint density at radius 1 is 1.08 bits per heavy atom. The van der Waals surface area contributed by atoms with Crippen LogP contribution in [0.2, 0.25) is 0 Å². The van der Waals surface area contributed by atoms with Gasteiger partial charge in [-0.1, -0.05) is 19.3 Å². The summed E-state index contributed by atoms with van der Waals surface area (Å²) in [6.45, 7) is 0. The molecule has 2 amide bonds. The summed E-state index contributed by atoms with van der Waals surface area (Å²) in [5.41, 5.74) is 1.26. The predicted molar refractivity (Wildman–Crippen MR) is 96.3 cm³/mol. The van der Waals surface area contributed by atoms with Crippen molar-refractivity contribution < 1.29 is 9.59 Å². The van der Waals surface area contributed by atoms with E-state index < -0.39 is 0 Å². The average Bonchev–Trinajstić information content (AvgIpc) is 3.09. The number of carbonyl (C=O) groups excluding carboxylic acids is 2. The molecule has 1 aliphatic carbocycles. The van der Waals surface area contributed by atoms with Gasteiger partial charge in [0.2, 0.25) is 5.91 Å². The summed E-state index contributed by atoms with van der Waals surface area (Å²) in [6, 6.07) is 6.93. The summed E-state index contributed by atoms with van der Waals surface area (Å²) in [5, 5.41) is 8.03. The number of hydrogen-bond donors (Lipinski definition) is 2. The van der Waals surface area contributed by atoms with E-state index in [1.807, 2.05) is 0 Å². The molecule has 0 saturated heterocycles. The van der Waals surface area contributed by atoms with Crippen LogP contribution in [0.25, 0.3) is 0 Å². The quantitative estimate of drug-likeness (QED) is 0.850. The van der Waals surface area contributed by atoms with Crippen LogP contribution in [0, 0.1) is 5.92 Å². The standard InChI is InChI=1S/C18H21N3O2S/c22-16(12-13-4-2-1-3-5-13)20-15-8-6-14(7-9-15)17(23)21-18-19-10-11-24-18/h6-11,13H,1-5,12H2,(H,20,22)(H,19,21,23). The Morgan fingerprint density at radius 2 is 1.83 bits per heavy atom. The largest absolute Gasteiger partial charge is 0.326 e. The Kier molecular flexibility index (Phi) is 5.59. The third-order valence-corrected chi connectivity index (χ3v) is 4.97. The molecule has 1 aromatic heterocycles. The van der Waals surface area contributed by atoms with Gasteiger partial charge in [-0.3, -0.25) is 14.9 Å². The number of carbonyl (C=O) groups is 2. The van der Waals surface area contributed by atoms with E-state index >= 15 is 0 Å². The third kappa shape index (κ3) is 4.64. The van der Waals surface area contributed by atoms with E-state index in [1.54, 1.807) is 35.8 Å². The van der Waals surface area contributed by atoms with Crippen LogP contribution in [-0.2, 0) is 4.79 Å². The van der Waals surface area contributed by atoms with Gasteiger partial charge in [0.15, 0.2) is 5.13 Å². The van der Waals surface area contributed by atoms with E-state index in [2.05, 4.69) is 15.6 Å². The normalized spacial score (nSPS) is 15.0. The van der Waals surface area contributed by atoms with Gasteiger partial charge in [-0.15, -0.1) is 11.3 Å². The molecule has 126 valence electrons.